The van der Waals surface area contributed by atoms with E-state index in [2.05, 4.69) is 9.97 Å². The number of aliphatic carboxylic acids is 1. The van der Waals surface area contributed by atoms with Gasteiger partial charge < -0.3 is 19.8 Å². The van der Waals surface area contributed by atoms with Gasteiger partial charge in [0.1, 0.15) is 23.8 Å². The third-order valence-corrected chi connectivity index (χ3v) is 4.12. The molecule has 0 saturated carbocycles. The summed E-state index contributed by atoms with van der Waals surface area (Å²) in [6, 6.07) is 6.64. The second kappa shape index (κ2) is 7.49. The third-order valence-electron chi connectivity index (χ3n) is 4.12. The van der Waals surface area contributed by atoms with E-state index in [9.17, 15) is 14.7 Å². The zero-order valence-electron chi connectivity index (χ0n) is 14.2. The van der Waals surface area contributed by atoms with E-state index in [1.165, 1.54) is 17.3 Å². The summed E-state index contributed by atoms with van der Waals surface area (Å²) in [5.74, 6) is -0.0715. The van der Waals surface area contributed by atoms with E-state index >= 15 is 0 Å². The molecule has 26 heavy (non-hydrogen) atoms. The van der Waals surface area contributed by atoms with Crippen molar-refractivity contribution in [2.24, 2.45) is 0 Å². The maximum absolute atomic E-state index is 12.5. The summed E-state index contributed by atoms with van der Waals surface area (Å²) in [5.41, 5.74) is 1.02. The van der Waals surface area contributed by atoms with Crippen molar-refractivity contribution in [1.29, 1.82) is 0 Å². The molecule has 1 amide bonds. The van der Waals surface area contributed by atoms with Gasteiger partial charge in [0.2, 0.25) is 0 Å². The Morgan fingerprint density at radius 3 is 2.46 bits per heavy atom. The van der Waals surface area contributed by atoms with Crippen LogP contribution in [0.5, 0.6) is 5.75 Å². The summed E-state index contributed by atoms with van der Waals surface area (Å²) < 4.78 is 5.76. The molecule has 1 aliphatic heterocycles. The zero-order chi connectivity index (χ0) is 18.7. The van der Waals surface area contributed by atoms with E-state index in [1.54, 1.807) is 31.2 Å². The molecule has 1 fully saturated rings. The first-order valence-corrected chi connectivity index (χ1v) is 8.16. The quantitative estimate of drug-likeness (QED) is 0.809. The average Bonchev–Trinajstić information content (AvgIpc) is 2.97. The molecule has 0 aliphatic carbocycles. The normalized spacial score (nSPS) is 19.4. The number of carboxylic acids is 1. The number of aliphatic hydroxyl groups excluding tert-OH is 1. The number of amides is 1. The molecule has 0 radical (unpaired) electrons. The van der Waals surface area contributed by atoms with E-state index in [0.29, 0.717) is 22.7 Å². The van der Waals surface area contributed by atoms with Crippen LogP contribution in [0.25, 0.3) is 0 Å². The number of aryl methyl sites for hydroxylation is 1. The van der Waals surface area contributed by atoms with E-state index in [-0.39, 0.29) is 25.4 Å². The highest BCUT2D eigenvalue weighted by Gasteiger charge is 2.36. The van der Waals surface area contributed by atoms with Gasteiger partial charge >= 0.3 is 5.97 Å². The molecule has 1 saturated heterocycles. The maximum Gasteiger partial charge on any atom is 0.307 e. The van der Waals surface area contributed by atoms with Crippen LogP contribution < -0.4 is 4.74 Å². The first-order valence-electron chi connectivity index (χ1n) is 8.16. The van der Waals surface area contributed by atoms with E-state index < -0.39 is 18.2 Å². The highest BCUT2D eigenvalue weighted by Crippen LogP contribution is 2.21. The van der Waals surface area contributed by atoms with Crippen molar-refractivity contribution in [3.8, 4) is 5.75 Å². The number of carbonyl (C=O) groups is 2. The minimum atomic E-state index is -0.904. The number of β-amino-alcohol motifs (C(OH)–C–C–N with tert-alkyl or cyclic N) is 1. The molecule has 1 aromatic carbocycles. The molecule has 0 bridgehead atoms. The molecule has 0 spiro atoms. The molecule has 2 N–H and O–H groups in total. The van der Waals surface area contributed by atoms with Gasteiger partial charge in [-0.05, 0) is 24.6 Å². The fourth-order valence-corrected chi connectivity index (χ4v) is 2.76. The predicted molar refractivity (Wildman–Crippen MR) is 90.9 cm³/mol. The minimum absolute atomic E-state index is 0.0623. The molecule has 0 unspecified atom stereocenters. The topological polar surface area (TPSA) is 113 Å². The monoisotopic (exact) mass is 357 g/mol. The lowest BCUT2D eigenvalue weighted by Crippen LogP contribution is -2.31. The number of aliphatic hydroxyl groups is 1. The number of aromatic nitrogens is 2. The van der Waals surface area contributed by atoms with Crippen LogP contribution >= 0.6 is 0 Å². The lowest BCUT2D eigenvalue weighted by Gasteiger charge is -2.17. The van der Waals surface area contributed by atoms with E-state index in [4.69, 9.17) is 9.84 Å². The minimum Gasteiger partial charge on any atom is -0.486 e. The Hall–Kier alpha value is -3.00. The van der Waals surface area contributed by atoms with E-state index in [0.717, 1.165) is 0 Å². The summed E-state index contributed by atoms with van der Waals surface area (Å²) >= 11 is 0. The van der Waals surface area contributed by atoms with Gasteiger partial charge in [-0.2, -0.15) is 0 Å². The molecular formula is C18H19N3O5. The largest absolute Gasteiger partial charge is 0.486 e. The van der Waals surface area contributed by atoms with Gasteiger partial charge in [-0.3, -0.25) is 9.59 Å². The second-order valence-electron chi connectivity index (χ2n) is 6.17. The van der Waals surface area contributed by atoms with Crippen LogP contribution in [0, 0.1) is 6.92 Å². The summed E-state index contributed by atoms with van der Waals surface area (Å²) in [5, 5.41) is 19.0. The highest BCUT2D eigenvalue weighted by atomic mass is 16.5. The first-order chi connectivity index (χ1) is 12.4. The van der Waals surface area contributed by atoms with Crippen LogP contribution in [0.15, 0.2) is 36.7 Å². The van der Waals surface area contributed by atoms with Crippen molar-refractivity contribution in [2.75, 3.05) is 13.1 Å². The van der Waals surface area contributed by atoms with Crippen LogP contribution in [0.2, 0.25) is 0 Å². The molecule has 2 aromatic rings. The zero-order valence-corrected chi connectivity index (χ0v) is 14.2. The molecule has 8 heteroatoms. The number of hydrogen-bond acceptors (Lipinski definition) is 6. The molecule has 3 rings (SSSR count). The number of ether oxygens (including phenoxy) is 1. The fraction of sp³-hybridized carbons (Fsp3) is 0.333. The van der Waals surface area contributed by atoms with Crippen molar-refractivity contribution < 1.29 is 24.5 Å². The predicted octanol–water partition coefficient (Wildman–Crippen LogP) is 0.676. The number of likely N-dealkylation sites (tertiary alicyclic amines) is 1. The highest BCUT2D eigenvalue weighted by molar-refractivity contribution is 5.93. The van der Waals surface area contributed by atoms with Crippen molar-refractivity contribution >= 4 is 11.9 Å². The Balaban J connectivity index is 1.62. The summed E-state index contributed by atoms with van der Waals surface area (Å²) in [7, 11) is 0. The van der Waals surface area contributed by atoms with Gasteiger partial charge in [-0.15, -0.1) is 0 Å². The van der Waals surface area contributed by atoms with Gasteiger partial charge in [0.25, 0.3) is 5.91 Å². The molecule has 1 aliphatic rings. The van der Waals surface area contributed by atoms with Gasteiger partial charge in [-0.25, -0.2) is 9.97 Å². The molecule has 2 heterocycles. The number of carboxylic acid groups (broad SMARTS) is 1. The molecule has 8 nitrogen and oxygen atoms in total. The van der Waals surface area contributed by atoms with Crippen molar-refractivity contribution in [2.45, 2.75) is 25.6 Å². The van der Waals surface area contributed by atoms with Gasteiger partial charge in [-0.1, -0.05) is 12.1 Å². The fourth-order valence-electron chi connectivity index (χ4n) is 2.76. The second-order valence-corrected chi connectivity index (χ2v) is 6.17. The summed E-state index contributed by atoms with van der Waals surface area (Å²) in [6.07, 6.45) is 1.49. The van der Waals surface area contributed by atoms with Crippen molar-refractivity contribution in [3.05, 3.63) is 53.6 Å². The molecule has 136 valence electrons. The van der Waals surface area contributed by atoms with Gasteiger partial charge in [0.05, 0.1) is 25.1 Å². The van der Waals surface area contributed by atoms with Crippen LogP contribution in [0.3, 0.4) is 0 Å². The smallest absolute Gasteiger partial charge is 0.307 e. The lowest BCUT2D eigenvalue weighted by molar-refractivity contribution is -0.136. The average molecular weight is 357 g/mol. The number of carbonyl (C=O) groups excluding carboxylic acids is 1. The Kier molecular flexibility index (Phi) is 5.13. The lowest BCUT2D eigenvalue weighted by atomic mass is 10.1. The third kappa shape index (κ3) is 4.15. The van der Waals surface area contributed by atoms with Crippen LogP contribution in [0.1, 0.15) is 21.7 Å². The summed E-state index contributed by atoms with van der Waals surface area (Å²) in [6.45, 7) is 2.14. The number of benzene rings is 1. The number of nitrogens with zero attached hydrogens (tertiary/aromatic N) is 3. The van der Waals surface area contributed by atoms with Crippen LogP contribution in [-0.4, -0.2) is 62.3 Å². The molecule has 1 aromatic heterocycles. The van der Waals surface area contributed by atoms with Gasteiger partial charge in [0.15, 0.2) is 0 Å². The number of rotatable bonds is 5. The van der Waals surface area contributed by atoms with Crippen LogP contribution in [-0.2, 0) is 11.2 Å². The maximum atomic E-state index is 12.5. The van der Waals surface area contributed by atoms with E-state index in [1.807, 2.05) is 0 Å². The Labute approximate surface area is 150 Å². The Bertz CT molecular complexity index is 791. The van der Waals surface area contributed by atoms with Crippen molar-refractivity contribution in [3.63, 3.8) is 0 Å². The standard InChI is InChI=1S/C18H19N3O5/c1-11-19-7-13(8-20-11)18(25)21-9-15(22)16(10-21)26-14-4-2-12(3-5-14)6-17(23)24/h2-5,7-8,15-16,22H,6,9-10H2,1H3,(H,23,24)/t15-,16-/m1/s1. The first kappa shape index (κ1) is 17.8. The SMILES string of the molecule is Cc1ncc(C(=O)N2C[C@@H](O)[C@H](Oc3ccc(CC(=O)O)cc3)C2)cn1. The van der Waals surface area contributed by atoms with Crippen molar-refractivity contribution in [1.82, 2.24) is 14.9 Å². The Morgan fingerprint density at radius 1 is 1.19 bits per heavy atom. The molecule has 2 atom stereocenters. The number of hydrogen-bond donors (Lipinski definition) is 2. The van der Waals surface area contributed by atoms with Gasteiger partial charge in [0, 0.05) is 12.4 Å². The summed E-state index contributed by atoms with van der Waals surface area (Å²) in [4.78, 5) is 32.7. The molecular weight excluding hydrogens is 338 g/mol. The Morgan fingerprint density at radius 2 is 1.85 bits per heavy atom. The van der Waals surface area contributed by atoms with Crippen LogP contribution in [0.4, 0.5) is 0 Å².